The summed E-state index contributed by atoms with van der Waals surface area (Å²) in [5.74, 6) is 0. The molecule has 0 radical (unpaired) electrons. The molecule has 1 fully saturated rings. The van der Waals surface area contributed by atoms with Gasteiger partial charge in [0.15, 0.2) is 0 Å². The Hall–Kier alpha value is -0.340. The summed E-state index contributed by atoms with van der Waals surface area (Å²) < 4.78 is 0. The smallest absolute Gasteiger partial charge is 0.0458 e. The van der Waals surface area contributed by atoms with Crippen LogP contribution in [-0.2, 0) is 0 Å². The van der Waals surface area contributed by atoms with Crippen LogP contribution in [0, 0.1) is 0 Å². The van der Waals surface area contributed by atoms with Gasteiger partial charge in [0.1, 0.15) is 0 Å². The molecule has 0 spiro atoms. The minimum absolute atomic E-state index is 0.246. The van der Waals surface area contributed by atoms with Crippen molar-refractivity contribution in [3.63, 3.8) is 0 Å². The lowest BCUT2D eigenvalue weighted by atomic mass is 9.83. The van der Waals surface area contributed by atoms with Gasteiger partial charge in [0, 0.05) is 11.6 Å². The zero-order valence-electron chi connectivity index (χ0n) is 13.2. The number of rotatable bonds is 4. The van der Waals surface area contributed by atoms with Crippen LogP contribution >= 0.6 is 0 Å². The van der Waals surface area contributed by atoms with Crippen LogP contribution < -0.4 is 5.32 Å². The summed E-state index contributed by atoms with van der Waals surface area (Å²) in [5.41, 5.74) is 1.91. The van der Waals surface area contributed by atoms with Gasteiger partial charge in [-0.3, -0.25) is 4.90 Å². The van der Waals surface area contributed by atoms with Crippen LogP contribution in [0.1, 0.15) is 65.2 Å². The third-order valence-electron chi connectivity index (χ3n) is 5.11. The molecule has 1 heterocycles. The molecule has 1 unspecified atom stereocenters. The Kier molecular flexibility index (Phi) is 5.47. The molecule has 1 N–H and O–H groups in total. The third kappa shape index (κ3) is 3.61. The largest absolute Gasteiger partial charge is 0.312 e. The Labute approximate surface area is 119 Å². The minimum atomic E-state index is 0.246. The standard InChI is InChI=1S/C17H32N2/c1-17(2,19-13-9-10-14-19)16(18-3)15-11-7-5-4-6-8-12-15/h11,16,18H,4-10,12-14H2,1-3H3. The van der Waals surface area contributed by atoms with Crippen LogP contribution in [0.25, 0.3) is 0 Å². The first kappa shape index (κ1) is 15.1. The molecule has 0 saturated carbocycles. The molecule has 0 bridgehead atoms. The second-order valence-electron chi connectivity index (χ2n) is 6.80. The quantitative estimate of drug-likeness (QED) is 0.778. The van der Waals surface area contributed by atoms with E-state index in [1.165, 1.54) is 64.5 Å². The molecular weight excluding hydrogens is 232 g/mol. The van der Waals surface area contributed by atoms with Gasteiger partial charge in [-0.05, 0) is 72.5 Å². The highest BCUT2D eigenvalue weighted by Gasteiger charge is 2.37. The van der Waals surface area contributed by atoms with Crippen molar-refractivity contribution in [1.82, 2.24) is 10.2 Å². The van der Waals surface area contributed by atoms with E-state index in [2.05, 4.69) is 37.2 Å². The van der Waals surface area contributed by atoms with E-state index in [1.54, 1.807) is 5.57 Å². The Balaban J connectivity index is 2.12. The molecule has 2 rings (SSSR count). The zero-order chi connectivity index (χ0) is 13.7. The van der Waals surface area contributed by atoms with E-state index < -0.39 is 0 Å². The second kappa shape index (κ2) is 6.90. The summed E-state index contributed by atoms with van der Waals surface area (Å²) in [6.45, 7) is 7.41. The molecule has 0 aromatic heterocycles. The minimum Gasteiger partial charge on any atom is -0.312 e. The van der Waals surface area contributed by atoms with Crippen molar-refractivity contribution < 1.29 is 0 Å². The number of allylic oxidation sites excluding steroid dienone is 1. The Morgan fingerprint density at radius 3 is 2.42 bits per heavy atom. The molecule has 0 aromatic rings. The van der Waals surface area contributed by atoms with Gasteiger partial charge in [0.05, 0.1) is 0 Å². The van der Waals surface area contributed by atoms with Crippen molar-refractivity contribution in [1.29, 1.82) is 0 Å². The predicted molar refractivity (Wildman–Crippen MR) is 83.5 cm³/mol. The number of hydrogen-bond donors (Lipinski definition) is 1. The molecule has 2 nitrogen and oxygen atoms in total. The summed E-state index contributed by atoms with van der Waals surface area (Å²) >= 11 is 0. The van der Waals surface area contributed by atoms with Crippen molar-refractivity contribution in [2.45, 2.75) is 76.8 Å². The van der Waals surface area contributed by atoms with Gasteiger partial charge >= 0.3 is 0 Å². The van der Waals surface area contributed by atoms with Crippen LogP contribution in [0.5, 0.6) is 0 Å². The summed E-state index contributed by atoms with van der Waals surface area (Å²) in [5, 5.41) is 3.63. The first-order valence-corrected chi connectivity index (χ1v) is 8.27. The highest BCUT2D eigenvalue weighted by Crippen LogP contribution is 2.31. The molecule has 2 aliphatic rings. The summed E-state index contributed by atoms with van der Waals surface area (Å²) in [4.78, 5) is 2.69. The van der Waals surface area contributed by atoms with E-state index in [1.807, 2.05) is 0 Å². The summed E-state index contributed by atoms with van der Waals surface area (Å²) in [6.07, 6.45) is 13.5. The van der Waals surface area contributed by atoms with Gasteiger partial charge in [0.25, 0.3) is 0 Å². The van der Waals surface area contributed by atoms with E-state index in [0.717, 1.165) is 0 Å². The Bertz CT molecular complexity index is 300. The molecule has 0 amide bonds. The highest BCUT2D eigenvalue weighted by molar-refractivity contribution is 5.18. The van der Waals surface area contributed by atoms with Gasteiger partial charge < -0.3 is 5.32 Å². The zero-order valence-corrected chi connectivity index (χ0v) is 13.2. The van der Waals surface area contributed by atoms with Crippen LogP contribution in [0.2, 0.25) is 0 Å². The number of likely N-dealkylation sites (N-methyl/N-ethyl adjacent to an activating group) is 1. The monoisotopic (exact) mass is 264 g/mol. The first-order valence-electron chi connectivity index (χ1n) is 8.27. The lowest BCUT2D eigenvalue weighted by molar-refractivity contribution is 0.122. The summed E-state index contributed by atoms with van der Waals surface area (Å²) in [6, 6.07) is 0.517. The van der Waals surface area contributed by atoms with E-state index >= 15 is 0 Å². The van der Waals surface area contributed by atoms with Gasteiger partial charge in [0.2, 0.25) is 0 Å². The maximum atomic E-state index is 3.63. The van der Waals surface area contributed by atoms with Crippen LogP contribution in [0.4, 0.5) is 0 Å². The Morgan fingerprint density at radius 1 is 1.05 bits per heavy atom. The summed E-state index contributed by atoms with van der Waals surface area (Å²) in [7, 11) is 2.14. The maximum absolute atomic E-state index is 3.63. The molecule has 1 aliphatic carbocycles. The van der Waals surface area contributed by atoms with Crippen LogP contribution in [0.3, 0.4) is 0 Å². The SMILES string of the molecule is CNC(C1=CCCCCCC1)C(C)(C)N1CCCC1. The first-order chi connectivity index (χ1) is 9.16. The molecule has 1 aliphatic heterocycles. The molecule has 0 aromatic carbocycles. The highest BCUT2D eigenvalue weighted by atomic mass is 15.2. The van der Waals surface area contributed by atoms with Crippen molar-refractivity contribution in [2.75, 3.05) is 20.1 Å². The fourth-order valence-electron chi connectivity index (χ4n) is 3.95. The van der Waals surface area contributed by atoms with Gasteiger partial charge in [-0.1, -0.05) is 24.5 Å². The van der Waals surface area contributed by atoms with E-state index in [0.29, 0.717) is 6.04 Å². The number of nitrogens with one attached hydrogen (secondary N) is 1. The lowest BCUT2D eigenvalue weighted by Gasteiger charge is -2.43. The lowest BCUT2D eigenvalue weighted by Crippen LogP contribution is -2.56. The maximum Gasteiger partial charge on any atom is 0.0458 e. The fraction of sp³-hybridized carbons (Fsp3) is 0.882. The van der Waals surface area contributed by atoms with Gasteiger partial charge in [-0.25, -0.2) is 0 Å². The average molecular weight is 264 g/mol. The van der Waals surface area contributed by atoms with Crippen molar-refractivity contribution in [2.24, 2.45) is 0 Å². The normalized spacial score (nSPS) is 24.7. The fourth-order valence-corrected chi connectivity index (χ4v) is 3.95. The van der Waals surface area contributed by atoms with Crippen molar-refractivity contribution in [3.8, 4) is 0 Å². The molecule has 1 saturated heterocycles. The van der Waals surface area contributed by atoms with Crippen LogP contribution in [-0.4, -0.2) is 36.6 Å². The second-order valence-corrected chi connectivity index (χ2v) is 6.80. The van der Waals surface area contributed by atoms with E-state index in [9.17, 15) is 0 Å². The number of hydrogen-bond acceptors (Lipinski definition) is 2. The molecular formula is C17H32N2. The van der Waals surface area contributed by atoms with Gasteiger partial charge in [-0.15, -0.1) is 0 Å². The molecule has 2 heteroatoms. The Morgan fingerprint density at radius 2 is 1.74 bits per heavy atom. The molecule has 110 valence electrons. The van der Waals surface area contributed by atoms with Crippen molar-refractivity contribution in [3.05, 3.63) is 11.6 Å². The van der Waals surface area contributed by atoms with E-state index in [4.69, 9.17) is 0 Å². The van der Waals surface area contributed by atoms with Gasteiger partial charge in [-0.2, -0.15) is 0 Å². The number of likely N-dealkylation sites (tertiary alicyclic amines) is 1. The topological polar surface area (TPSA) is 15.3 Å². The number of nitrogens with zero attached hydrogens (tertiary/aromatic N) is 1. The predicted octanol–water partition coefficient (Wildman–Crippen LogP) is 3.73. The third-order valence-corrected chi connectivity index (χ3v) is 5.11. The van der Waals surface area contributed by atoms with E-state index in [-0.39, 0.29) is 5.54 Å². The molecule has 1 atom stereocenters. The van der Waals surface area contributed by atoms with Crippen LogP contribution in [0.15, 0.2) is 11.6 Å². The molecule has 19 heavy (non-hydrogen) atoms. The average Bonchev–Trinajstić information content (AvgIpc) is 2.86. The van der Waals surface area contributed by atoms with Crippen molar-refractivity contribution >= 4 is 0 Å².